The minimum Gasteiger partial charge on any atom is -0.486 e. The van der Waals surface area contributed by atoms with E-state index in [-0.39, 0.29) is 0 Å². The van der Waals surface area contributed by atoms with Gasteiger partial charge in [-0.2, -0.15) is 0 Å². The van der Waals surface area contributed by atoms with Crippen molar-refractivity contribution in [3.63, 3.8) is 0 Å². The van der Waals surface area contributed by atoms with E-state index in [1.165, 1.54) is 30.0 Å². The van der Waals surface area contributed by atoms with E-state index in [0.717, 1.165) is 24.0 Å². The van der Waals surface area contributed by atoms with E-state index in [1.807, 2.05) is 17.8 Å². The fourth-order valence-electron chi connectivity index (χ4n) is 2.39. The molecule has 1 N–H and O–H groups in total. The average molecular weight is 265 g/mol. The summed E-state index contributed by atoms with van der Waals surface area (Å²) in [4.78, 5) is 1.28. The normalized spacial score (nSPS) is 22.8. The minimum absolute atomic E-state index is 0.660. The second-order valence-electron chi connectivity index (χ2n) is 4.83. The third-order valence-corrected chi connectivity index (χ3v) is 4.62. The van der Waals surface area contributed by atoms with Gasteiger partial charge in [0.05, 0.1) is 0 Å². The molecule has 98 valence electrons. The van der Waals surface area contributed by atoms with Gasteiger partial charge in [-0.15, -0.1) is 11.8 Å². The van der Waals surface area contributed by atoms with Crippen molar-refractivity contribution in [2.75, 3.05) is 32.1 Å². The zero-order valence-electron chi connectivity index (χ0n) is 10.5. The van der Waals surface area contributed by atoms with Gasteiger partial charge >= 0.3 is 0 Å². The van der Waals surface area contributed by atoms with Gasteiger partial charge < -0.3 is 14.8 Å². The topological polar surface area (TPSA) is 30.5 Å². The molecule has 18 heavy (non-hydrogen) atoms. The summed E-state index contributed by atoms with van der Waals surface area (Å²) in [7, 11) is 0. The first-order valence-corrected chi connectivity index (χ1v) is 7.63. The summed E-state index contributed by atoms with van der Waals surface area (Å²) < 4.78 is 11.1. The third-order valence-electron chi connectivity index (χ3n) is 3.40. The maximum absolute atomic E-state index is 5.61. The molecule has 0 spiro atoms. The monoisotopic (exact) mass is 265 g/mol. The molecule has 4 heteroatoms. The first-order valence-electron chi connectivity index (χ1n) is 6.65. The van der Waals surface area contributed by atoms with Crippen LogP contribution in [0.4, 0.5) is 0 Å². The molecule has 2 aliphatic heterocycles. The van der Waals surface area contributed by atoms with Gasteiger partial charge in [0.25, 0.3) is 0 Å². The fourth-order valence-corrected chi connectivity index (χ4v) is 3.46. The molecule has 0 aliphatic carbocycles. The van der Waals surface area contributed by atoms with Crippen LogP contribution >= 0.6 is 11.8 Å². The second-order valence-corrected chi connectivity index (χ2v) is 5.92. The van der Waals surface area contributed by atoms with Gasteiger partial charge in [0.1, 0.15) is 13.2 Å². The number of piperidine rings is 1. The van der Waals surface area contributed by atoms with Crippen LogP contribution in [0, 0.1) is 5.92 Å². The van der Waals surface area contributed by atoms with Gasteiger partial charge in [0, 0.05) is 10.6 Å². The summed E-state index contributed by atoms with van der Waals surface area (Å²) >= 11 is 1.92. The molecule has 0 radical (unpaired) electrons. The quantitative estimate of drug-likeness (QED) is 0.851. The molecule has 1 unspecified atom stereocenters. The van der Waals surface area contributed by atoms with E-state index < -0.39 is 0 Å². The Kier molecular flexibility index (Phi) is 3.96. The number of benzene rings is 1. The molecule has 0 amide bonds. The van der Waals surface area contributed by atoms with Gasteiger partial charge in [0.2, 0.25) is 0 Å². The zero-order chi connectivity index (χ0) is 12.2. The lowest BCUT2D eigenvalue weighted by Gasteiger charge is -2.23. The number of ether oxygens (including phenoxy) is 2. The van der Waals surface area contributed by atoms with Crippen molar-refractivity contribution < 1.29 is 9.47 Å². The van der Waals surface area contributed by atoms with Crippen molar-refractivity contribution in [3.8, 4) is 11.5 Å². The van der Waals surface area contributed by atoms with Crippen molar-refractivity contribution in [3.05, 3.63) is 18.2 Å². The Morgan fingerprint density at radius 1 is 1.22 bits per heavy atom. The number of hydrogen-bond donors (Lipinski definition) is 1. The van der Waals surface area contributed by atoms with Crippen molar-refractivity contribution in [1.82, 2.24) is 5.32 Å². The number of thioether (sulfide) groups is 1. The molecule has 2 heterocycles. The zero-order valence-corrected chi connectivity index (χ0v) is 11.3. The maximum Gasteiger partial charge on any atom is 0.162 e. The first-order chi connectivity index (χ1) is 8.92. The fraction of sp³-hybridized carbons (Fsp3) is 0.571. The highest BCUT2D eigenvalue weighted by Gasteiger charge is 2.15. The van der Waals surface area contributed by atoms with Crippen LogP contribution in [-0.2, 0) is 0 Å². The Hall–Kier alpha value is -0.870. The smallest absolute Gasteiger partial charge is 0.162 e. The van der Waals surface area contributed by atoms with Crippen molar-refractivity contribution in [2.24, 2.45) is 5.92 Å². The maximum atomic E-state index is 5.61. The van der Waals surface area contributed by atoms with E-state index in [4.69, 9.17) is 9.47 Å². The van der Waals surface area contributed by atoms with Crippen LogP contribution in [0.1, 0.15) is 12.8 Å². The lowest BCUT2D eigenvalue weighted by atomic mass is 10.0. The standard InChI is InChI=1S/C14H19NO2S/c1-2-11(9-15-5-1)10-18-12-3-4-13-14(8-12)17-7-6-16-13/h3-4,8,11,15H,1-2,5-7,9-10H2. The molecule has 0 bridgehead atoms. The Morgan fingerprint density at radius 3 is 2.94 bits per heavy atom. The summed E-state index contributed by atoms with van der Waals surface area (Å²) in [5.41, 5.74) is 0. The minimum atomic E-state index is 0.660. The third kappa shape index (κ3) is 2.93. The van der Waals surface area contributed by atoms with Gasteiger partial charge in [-0.3, -0.25) is 0 Å². The van der Waals surface area contributed by atoms with E-state index >= 15 is 0 Å². The molecule has 1 aromatic carbocycles. The summed E-state index contributed by atoms with van der Waals surface area (Å²) in [6, 6.07) is 6.26. The molecule has 1 atom stereocenters. The number of hydrogen-bond acceptors (Lipinski definition) is 4. The number of fused-ring (bicyclic) bond motifs is 1. The molecular formula is C14H19NO2S. The highest BCUT2D eigenvalue weighted by molar-refractivity contribution is 7.99. The van der Waals surface area contributed by atoms with Gasteiger partial charge in [-0.25, -0.2) is 0 Å². The SMILES string of the molecule is c1cc2c(cc1SCC1CCCNC1)OCCO2. The summed E-state index contributed by atoms with van der Waals surface area (Å²) in [6.45, 7) is 3.67. The van der Waals surface area contributed by atoms with Crippen molar-refractivity contribution in [2.45, 2.75) is 17.7 Å². The van der Waals surface area contributed by atoms with Gasteiger partial charge in [-0.1, -0.05) is 0 Å². The predicted molar refractivity (Wildman–Crippen MR) is 73.7 cm³/mol. The van der Waals surface area contributed by atoms with E-state index in [9.17, 15) is 0 Å². The first kappa shape index (κ1) is 12.2. The Labute approximate surface area is 112 Å². The number of rotatable bonds is 3. The van der Waals surface area contributed by atoms with Crippen LogP contribution in [0.25, 0.3) is 0 Å². The van der Waals surface area contributed by atoms with Crippen LogP contribution in [0.2, 0.25) is 0 Å². The molecule has 0 aromatic heterocycles. The Morgan fingerprint density at radius 2 is 2.11 bits per heavy atom. The molecular weight excluding hydrogens is 246 g/mol. The number of nitrogens with one attached hydrogen (secondary N) is 1. The van der Waals surface area contributed by atoms with Crippen LogP contribution in [0.15, 0.2) is 23.1 Å². The highest BCUT2D eigenvalue weighted by Crippen LogP contribution is 2.35. The second kappa shape index (κ2) is 5.85. The van der Waals surface area contributed by atoms with Crippen molar-refractivity contribution in [1.29, 1.82) is 0 Å². The Balaban J connectivity index is 1.58. The van der Waals surface area contributed by atoms with Gasteiger partial charge in [0.15, 0.2) is 11.5 Å². The average Bonchev–Trinajstić information content (AvgIpc) is 2.46. The lowest BCUT2D eigenvalue weighted by molar-refractivity contribution is 0.171. The van der Waals surface area contributed by atoms with E-state index in [0.29, 0.717) is 13.2 Å². The molecule has 2 aliphatic rings. The molecule has 1 saturated heterocycles. The van der Waals surface area contributed by atoms with Crippen LogP contribution in [-0.4, -0.2) is 32.1 Å². The molecule has 1 aromatic rings. The van der Waals surface area contributed by atoms with Crippen molar-refractivity contribution >= 4 is 11.8 Å². The van der Waals surface area contributed by atoms with E-state index in [2.05, 4.69) is 17.4 Å². The predicted octanol–water partition coefficient (Wildman–Crippen LogP) is 2.55. The summed E-state index contributed by atoms with van der Waals surface area (Å²) in [5.74, 6) is 3.77. The Bertz CT molecular complexity index is 405. The molecule has 3 rings (SSSR count). The lowest BCUT2D eigenvalue weighted by Crippen LogP contribution is -2.30. The molecule has 3 nitrogen and oxygen atoms in total. The summed E-state index contributed by atoms with van der Waals surface area (Å²) in [6.07, 6.45) is 2.66. The largest absolute Gasteiger partial charge is 0.486 e. The van der Waals surface area contributed by atoms with E-state index in [1.54, 1.807) is 0 Å². The highest BCUT2D eigenvalue weighted by atomic mass is 32.2. The summed E-state index contributed by atoms with van der Waals surface area (Å²) in [5, 5.41) is 3.46. The van der Waals surface area contributed by atoms with Crippen LogP contribution < -0.4 is 14.8 Å². The molecule has 1 fully saturated rings. The van der Waals surface area contributed by atoms with Crippen LogP contribution in [0.5, 0.6) is 11.5 Å². The van der Waals surface area contributed by atoms with Gasteiger partial charge in [-0.05, 0) is 50.0 Å². The molecule has 0 saturated carbocycles. The van der Waals surface area contributed by atoms with Crippen LogP contribution in [0.3, 0.4) is 0 Å².